The predicted molar refractivity (Wildman–Crippen MR) is 132 cm³/mol. The largest absolute Gasteiger partial charge is 0.573 e. The van der Waals surface area contributed by atoms with Gasteiger partial charge in [0.1, 0.15) is 29.7 Å². The van der Waals surface area contributed by atoms with Crippen molar-refractivity contribution in [3.8, 4) is 11.5 Å². The molecule has 0 spiro atoms. The molecule has 37 heavy (non-hydrogen) atoms. The van der Waals surface area contributed by atoms with Gasteiger partial charge >= 0.3 is 6.36 Å². The van der Waals surface area contributed by atoms with E-state index < -0.39 is 12.1 Å². The summed E-state index contributed by atoms with van der Waals surface area (Å²) < 4.78 is 52.9. The Bertz CT molecular complexity index is 1310. The third-order valence-electron chi connectivity index (χ3n) is 5.13. The molecule has 13 heteroatoms. The van der Waals surface area contributed by atoms with Crippen LogP contribution in [0.5, 0.6) is 11.5 Å². The van der Waals surface area contributed by atoms with E-state index in [4.69, 9.17) is 21.1 Å². The van der Waals surface area contributed by atoms with Crippen LogP contribution in [0.15, 0.2) is 48.9 Å². The molecule has 2 heterocycles. The number of carbonyl (C=O) groups excluding carboxylic acids is 1. The standard InChI is InChI=1S/C24H23ClF3N5O4/c1-33(2)7-5-22(34)31-20-10-16-19(11-21(20)36-15-6-8-35-12-15)29-13-30-23(16)32-18-4-3-14(9-17(18)25)37-24(26,27)28/h3-5,7,9-11,13,15H,6,8,12H2,1-2H3,(H,31,34)(H,29,30,32)/b7-5+/t15-/m1/s1. The average molecular weight is 538 g/mol. The Hall–Kier alpha value is -3.77. The van der Waals surface area contributed by atoms with Crippen molar-refractivity contribution in [3.63, 3.8) is 0 Å². The van der Waals surface area contributed by atoms with Gasteiger partial charge in [-0.2, -0.15) is 0 Å². The van der Waals surface area contributed by atoms with Crippen molar-refractivity contribution in [1.29, 1.82) is 0 Å². The number of amides is 1. The van der Waals surface area contributed by atoms with E-state index in [1.54, 1.807) is 37.3 Å². The molecule has 196 valence electrons. The molecule has 1 fully saturated rings. The highest BCUT2D eigenvalue weighted by Crippen LogP contribution is 2.36. The van der Waals surface area contributed by atoms with Crippen LogP contribution in [0.2, 0.25) is 5.02 Å². The molecule has 4 rings (SSSR count). The van der Waals surface area contributed by atoms with Crippen molar-refractivity contribution in [2.45, 2.75) is 18.9 Å². The zero-order valence-electron chi connectivity index (χ0n) is 19.8. The Balaban J connectivity index is 1.68. The third-order valence-corrected chi connectivity index (χ3v) is 5.44. The van der Waals surface area contributed by atoms with Gasteiger partial charge in [-0.05, 0) is 18.2 Å². The Labute approximate surface area is 215 Å². The number of carbonyl (C=O) groups is 1. The van der Waals surface area contributed by atoms with Gasteiger partial charge in [0, 0.05) is 50.3 Å². The van der Waals surface area contributed by atoms with Crippen LogP contribution in [0.4, 0.5) is 30.4 Å². The normalized spacial score (nSPS) is 15.7. The van der Waals surface area contributed by atoms with Crippen LogP contribution in [-0.4, -0.2) is 60.6 Å². The average Bonchev–Trinajstić information content (AvgIpc) is 3.32. The van der Waals surface area contributed by atoms with Crippen LogP contribution in [-0.2, 0) is 9.53 Å². The zero-order valence-corrected chi connectivity index (χ0v) is 20.6. The minimum Gasteiger partial charge on any atom is -0.486 e. The number of hydrogen-bond acceptors (Lipinski definition) is 8. The first kappa shape index (κ1) is 26.3. The molecule has 0 bridgehead atoms. The van der Waals surface area contributed by atoms with Gasteiger partial charge < -0.3 is 29.7 Å². The zero-order chi connectivity index (χ0) is 26.6. The lowest BCUT2D eigenvalue weighted by atomic mass is 10.1. The summed E-state index contributed by atoms with van der Waals surface area (Å²) in [4.78, 5) is 22.8. The number of nitrogens with one attached hydrogen (secondary N) is 2. The molecule has 0 unspecified atom stereocenters. The van der Waals surface area contributed by atoms with Gasteiger partial charge in [-0.3, -0.25) is 4.79 Å². The van der Waals surface area contributed by atoms with E-state index in [1.165, 1.54) is 18.5 Å². The molecule has 0 saturated carbocycles. The van der Waals surface area contributed by atoms with Crippen LogP contribution in [0, 0.1) is 0 Å². The Morgan fingerprint density at radius 1 is 1.22 bits per heavy atom. The lowest BCUT2D eigenvalue weighted by molar-refractivity contribution is -0.274. The smallest absolute Gasteiger partial charge is 0.486 e. The Kier molecular flexibility index (Phi) is 7.89. The van der Waals surface area contributed by atoms with E-state index in [-0.39, 0.29) is 17.0 Å². The molecule has 1 aliphatic heterocycles. The monoisotopic (exact) mass is 537 g/mol. The summed E-state index contributed by atoms with van der Waals surface area (Å²) in [6, 6.07) is 6.83. The highest BCUT2D eigenvalue weighted by Gasteiger charge is 2.31. The molecule has 1 aliphatic rings. The first-order valence-electron chi connectivity index (χ1n) is 11.1. The molecule has 2 aromatic carbocycles. The van der Waals surface area contributed by atoms with Crippen molar-refractivity contribution in [3.05, 3.63) is 54.0 Å². The Morgan fingerprint density at radius 3 is 2.70 bits per heavy atom. The minimum atomic E-state index is -4.84. The number of benzene rings is 2. The fourth-order valence-corrected chi connectivity index (χ4v) is 3.69. The SMILES string of the molecule is CN(C)/C=C/C(=O)Nc1cc2c(Nc3ccc(OC(F)(F)F)cc3Cl)ncnc2cc1O[C@@H]1CCOC1. The second-order valence-electron chi connectivity index (χ2n) is 8.27. The molecular weight excluding hydrogens is 515 g/mol. The lowest BCUT2D eigenvalue weighted by Gasteiger charge is -2.18. The molecule has 3 aromatic rings. The minimum absolute atomic E-state index is 0.0166. The number of alkyl halides is 3. The summed E-state index contributed by atoms with van der Waals surface area (Å²) in [6.07, 6.45) is -0.0198. The molecular formula is C24H23ClF3N5O4. The summed E-state index contributed by atoms with van der Waals surface area (Å²) >= 11 is 6.19. The maximum Gasteiger partial charge on any atom is 0.573 e. The van der Waals surface area contributed by atoms with E-state index in [9.17, 15) is 18.0 Å². The second kappa shape index (κ2) is 11.1. The quantitative estimate of drug-likeness (QED) is 0.383. The molecule has 1 saturated heterocycles. The van der Waals surface area contributed by atoms with Crippen LogP contribution >= 0.6 is 11.6 Å². The highest BCUT2D eigenvalue weighted by molar-refractivity contribution is 6.33. The van der Waals surface area contributed by atoms with Crippen LogP contribution in [0.1, 0.15) is 6.42 Å². The number of aromatic nitrogens is 2. The molecule has 1 atom stereocenters. The molecule has 0 radical (unpaired) electrons. The third kappa shape index (κ3) is 7.14. The second-order valence-corrected chi connectivity index (χ2v) is 8.68. The summed E-state index contributed by atoms with van der Waals surface area (Å²) in [7, 11) is 3.58. The van der Waals surface area contributed by atoms with Gasteiger partial charge in [0.05, 0.1) is 35.1 Å². The highest BCUT2D eigenvalue weighted by atomic mass is 35.5. The number of halogens is 4. The van der Waals surface area contributed by atoms with Gasteiger partial charge in [-0.25, -0.2) is 9.97 Å². The summed E-state index contributed by atoms with van der Waals surface area (Å²) in [5.41, 5.74) is 1.17. The first-order valence-corrected chi connectivity index (χ1v) is 11.5. The number of nitrogens with zero attached hydrogens (tertiary/aromatic N) is 3. The summed E-state index contributed by atoms with van der Waals surface area (Å²) in [6.45, 7) is 1.00. The Morgan fingerprint density at radius 2 is 2.03 bits per heavy atom. The summed E-state index contributed by atoms with van der Waals surface area (Å²) in [5, 5.41) is 6.31. The van der Waals surface area contributed by atoms with E-state index in [2.05, 4.69) is 25.3 Å². The van der Waals surface area contributed by atoms with E-state index in [0.29, 0.717) is 53.5 Å². The van der Waals surface area contributed by atoms with Crippen molar-refractivity contribution in [2.24, 2.45) is 0 Å². The topological polar surface area (TPSA) is 97.8 Å². The molecule has 2 N–H and O–H groups in total. The van der Waals surface area contributed by atoms with Gasteiger partial charge in [-0.15, -0.1) is 13.2 Å². The van der Waals surface area contributed by atoms with Crippen LogP contribution < -0.4 is 20.1 Å². The number of hydrogen-bond donors (Lipinski definition) is 2. The van der Waals surface area contributed by atoms with Crippen LogP contribution in [0.25, 0.3) is 10.9 Å². The number of ether oxygens (including phenoxy) is 3. The molecule has 9 nitrogen and oxygen atoms in total. The van der Waals surface area contributed by atoms with Crippen molar-refractivity contribution in [2.75, 3.05) is 37.9 Å². The maximum absolute atomic E-state index is 12.5. The summed E-state index contributed by atoms with van der Waals surface area (Å²) in [5.74, 6) is -0.114. The van der Waals surface area contributed by atoms with Crippen molar-refractivity contribution >= 4 is 45.6 Å². The number of fused-ring (bicyclic) bond motifs is 1. The lowest BCUT2D eigenvalue weighted by Crippen LogP contribution is -2.18. The predicted octanol–water partition coefficient (Wildman–Crippen LogP) is 5.11. The van der Waals surface area contributed by atoms with E-state index in [0.717, 1.165) is 12.1 Å². The van der Waals surface area contributed by atoms with Crippen molar-refractivity contribution < 1.29 is 32.2 Å². The number of anilines is 3. The van der Waals surface area contributed by atoms with Gasteiger partial charge in [0.25, 0.3) is 0 Å². The molecule has 0 aliphatic carbocycles. The van der Waals surface area contributed by atoms with Crippen molar-refractivity contribution in [1.82, 2.24) is 14.9 Å². The first-order chi connectivity index (χ1) is 17.6. The van der Waals surface area contributed by atoms with Gasteiger partial charge in [-0.1, -0.05) is 11.6 Å². The van der Waals surface area contributed by atoms with E-state index in [1.807, 2.05) is 0 Å². The number of rotatable bonds is 8. The molecule has 1 amide bonds. The van der Waals surface area contributed by atoms with Crippen LogP contribution in [0.3, 0.4) is 0 Å². The van der Waals surface area contributed by atoms with Gasteiger partial charge in [0.15, 0.2) is 0 Å². The maximum atomic E-state index is 12.5. The fraction of sp³-hybridized carbons (Fsp3) is 0.292. The fourth-order valence-electron chi connectivity index (χ4n) is 3.48. The van der Waals surface area contributed by atoms with E-state index >= 15 is 0 Å². The van der Waals surface area contributed by atoms with Gasteiger partial charge in [0.2, 0.25) is 5.91 Å². The molecule has 1 aromatic heterocycles.